The molecule has 7 heteroatoms. The van der Waals surface area contributed by atoms with Gasteiger partial charge in [-0.1, -0.05) is 41.1 Å². The molecular weight excluding hydrogens is 395 g/mol. The Bertz CT molecular complexity index is 1110. The van der Waals surface area contributed by atoms with Gasteiger partial charge in [-0.25, -0.2) is 9.37 Å². The number of rotatable bonds is 6. The van der Waals surface area contributed by atoms with E-state index in [1.165, 1.54) is 6.07 Å². The second kappa shape index (κ2) is 8.22. The van der Waals surface area contributed by atoms with Crippen LogP contribution in [0.5, 0.6) is 0 Å². The number of pyridine rings is 1. The molecule has 3 N–H and O–H groups in total. The number of halogens is 2. The van der Waals surface area contributed by atoms with E-state index in [1.807, 2.05) is 18.5 Å². The molecule has 4 rings (SSSR count). The molecule has 2 aromatic heterocycles. The number of thiazole rings is 1. The molecule has 0 saturated carbocycles. The number of benzene rings is 2. The van der Waals surface area contributed by atoms with Gasteiger partial charge in [0.05, 0.1) is 9.90 Å². The van der Waals surface area contributed by atoms with Crippen LogP contribution in [0.3, 0.4) is 0 Å². The molecular formula is C21H18ClFN4S. The molecule has 0 bridgehead atoms. The van der Waals surface area contributed by atoms with Gasteiger partial charge < -0.3 is 11.1 Å². The van der Waals surface area contributed by atoms with E-state index in [-0.39, 0.29) is 11.1 Å². The summed E-state index contributed by atoms with van der Waals surface area (Å²) in [6.45, 7) is 0.542. The van der Waals surface area contributed by atoms with Gasteiger partial charge in [-0.15, -0.1) is 0 Å². The lowest BCUT2D eigenvalue weighted by Crippen LogP contribution is -2.31. The molecule has 0 amide bonds. The van der Waals surface area contributed by atoms with Crippen molar-refractivity contribution in [1.82, 2.24) is 9.97 Å². The number of hydrogen-bond donors (Lipinski definition) is 2. The highest BCUT2D eigenvalue weighted by Crippen LogP contribution is 2.31. The number of nitrogens with one attached hydrogen (secondary N) is 1. The van der Waals surface area contributed by atoms with E-state index in [4.69, 9.17) is 17.3 Å². The van der Waals surface area contributed by atoms with Crippen LogP contribution in [-0.2, 0) is 6.42 Å². The van der Waals surface area contributed by atoms with Crippen LogP contribution in [0, 0.1) is 5.82 Å². The fourth-order valence-corrected chi connectivity index (χ4v) is 3.92. The predicted molar refractivity (Wildman–Crippen MR) is 114 cm³/mol. The van der Waals surface area contributed by atoms with Gasteiger partial charge in [-0.3, -0.25) is 4.98 Å². The first-order chi connectivity index (χ1) is 13.6. The van der Waals surface area contributed by atoms with E-state index in [1.54, 1.807) is 29.7 Å². The van der Waals surface area contributed by atoms with Gasteiger partial charge in [0.25, 0.3) is 0 Å². The fraction of sp³-hybridized carbons (Fsp3) is 0.143. The van der Waals surface area contributed by atoms with Crippen LogP contribution in [0.15, 0.2) is 61.1 Å². The smallest absolute Gasteiger partial charge is 0.183 e. The first-order valence-corrected chi connectivity index (χ1v) is 10.0. The molecule has 1 unspecified atom stereocenters. The van der Waals surface area contributed by atoms with E-state index < -0.39 is 5.82 Å². The topological polar surface area (TPSA) is 63.8 Å². The Kier molecular flexibility index (Phi) is 5.52. The number of anilines is 1. The lowest BCUT2D eigenvalue weighted by Gasteiger charge is -2.12. The third kappa shape index (κ3) is 4.30. The molecule has 0 spiro atoms. The summed E-state index contributed by atoms with van der Waals surface area (Å²) in [5.41, 5.74) is 8.11. The average molecular weight is 413 g/mol. The second-order valence-corrected chi connectivity index (χ2v) is 8.00. The number of nitrogens with zero attached hydrogens (tertiary/aromatic N) is 2. The van der Waals surface area contributed by atoms with Gasteiger partial charge >= 0.3 is 0 Å². The summed E-state index contributed by atoms with van der Waals surface area (Å²) in [4.78, 5) is 9.66. The molecule has 2 aromatic carbocycles. The van der Waals surface area contributed by atoms with Crippen molar-refractivity contribution in [2.75, 3.05) is 11.9 Å². The van der Waals surface area contributed by atoms with E-state index in [9.17, 15) is 4.39 Å². The van der Waals surface area contributed by atoms with Crippen molar-refractivity contribution < 1.29 is 4.39 Å². The molecule has 0 aliphatic carbocycles. The Morgan fingerprint density at radius 2 is 2.00 bits per heavy atom. The Morgan fingerprint density at radius 3 is 2.86 bits per heavy atom. The SMILES string of the molecule is NC(CNc1ncc(-c2ccc3cnccc3c2)s1)Cc1ccc(Cl)c(F)c1. The monoisotopic (exact) mass is 412 g/mol. The second-order valence-electron chi connectivity index (χ2n) is 6.56. The summed E-state index contributed by atoms with van der Waals surface area (Å²) in [5.74, 6) is -0.421. The Morgan fingerprint density at radius 1 is 1.11 bits per heavy atom. The molecule has 0 aliphatic rings. The largest absolute Gasteiger partial charge is 0.360 e. The summed E-state index contributed by atoms with van der Waals surface area (Å²) < 4.78 is 13.5. The maximum atomic E-state index is 13.5. The van der Waals surface area contributed by atoms with Crippen molar-refractivity contribution in [2.24, 2.45) is 5.73 Å². The first-order valence-electron chi connectivity index (χ1n) is 8.82. The standard InChI is InChI=1S/C21H18ClFN4S/c22-18-4-1-13(8-19(18)23)7-17(24)11-26-21-27-12-20(28-21)15-2-3-16-10-25-6-5-14(16)9-15/h1-6,8-10,12,17H,7,11,24H2,(H,26,27). The van der Waals surface area contributed by atoms with Crippen molar-refractivity contribution in [3.05, 3.63) is 77.5 Å². The van der Waals surface area contributed by atoms with Crippen LogP contribution in [0.4, 0.5) is 9.52 Å². The predicted octanol–water partition coefficient (Wildman–Crippen LogP) is 5.13. The third-order valence-corrected chi connectivity index (χ3v) is 5.74. The fourth-order valence-electron chi connectivity index (χ4n) is 2.99. The van der Waals surface area contributed by atoms with Crippen LogP contribution < -0.4 is 11.1 Å². The molecule has 4 nitrogen and oxygen atoms in total. The van der Waals surface area contributed by atoms with Crippen molar-refractivity contribution in [2.45, 2.75) is 12.5 Å². The minimum Gasteiger partial charge on any atom is -0.360 e. The highest BCUT2D eigenvalue weighted by atomic mass is 35.5. The minimum atomic E-state index is -0.421. The number of fused-ring (bicyclic) bond motifs is 1. The average Bonchev–Trinajstić information content (AvgIpc) is 3.18. The molecule has 2 heterocycles. The van der Waals surface area contributed by atoms with Gasteiger partial charge in [-0.2, -0.15) is 0 Å². The zero-order valence-corrected chi connectivity index (χ0v) is 16.5. The summed E-state index contributed by atoms with van der Waals surface area (Å²) >= 11 is 7.29. The normalized spacial score (nSPS) is 12.2. The van der Waals surface area contributed by atoms with Crippen LogP contribution in [0.1, 0.15) is 5.56 Å². The Labute approximate surface area is 171 Å². The molecule has 0 fully saturated rings. The van der Waals surface area contributed by atoms with Gasteiger partial charge in [0, 0.05) is 36.6 Å². The maximum absolute atomic E-state index is 13.5. The van der Waals surface area contributed by atoms with Gasteiger partial charge in [0.1, 0.15) is 5.82 Å². The minimum absolute atomic E-state index is 0.121. The van der Waals surface area contributed by atoms with Gasteiger partial charge in [0.2, 0.25) is 0 Å². The number of hydrogen-bond acceptors (Lipinski definition) is 5. The zero-order valence-electron chi connectivity index (χ0n) is 14.9. The summed E-state index contributed by atoms with van der Waals surface area (Å²) in [6.07, 6.45) is 6.06. The van der Waals surface area contributed by atoms with Crippen molar-refractivity contribution in [3.8, 4) is 10.4 Å². The molecule has 142 valence electrons. The molecule has 0 radical (unpaired) electrons. The maximum Gasteiger partial charge on any atom is 0.183 e. The summed E-state index contributed by atoms with van der Waals surface area (Å²) in [5, 5.41) is 6.46. The Balaban J connectivity index is 1.39. The van der Waals surface area contributed by atoms with Crippen molar-refractivity contribution in [1.29, 1.82) is 0 Å². The lowest BCUT2D eigenvalue weighted by atomic mass is 10.1. The molecule has 4 aromatic rings. The molecule has 1 atom stereocenters. The number of aromatic nitrogens is 2. The van der Waals surface area contributed by atoms with E-state index in [0.29, 0.717) is 13.0 Å². The molecule has 0 saturated heterocycles. The highest BCUT2D eigenvalue weighted by Gasteiger charge is 2.09. The van der Waals surface area contributed by atoms with Crippen molar-refractivity contribution >= 4 is 38.8 Å². The Hall–Kier alpha value is -2.54. The van der Waals surface area contributed by atoms with Crippen LogP contribution in [0.25, 0.3) is 21.2 Å². The van der Waals surface area contributed by atoms with Crippen LogP contribution in [0.2, 0.25) is 5.02 Å². The summed E-state index contributed by atoms with van der Waals surface area (Å²) in [7, 11) is 0. The summed E-state index contributed by atoms with van der Waals surface area (Å²) in [6, 6.07) is 12.9. The first kappa shape index (κ1) is 18.8. The van der Waals surface area contributed by atoms with Crippen molar-refractivity contribution in [3.63, 3.8) is 0 Å². The lowest BCUT2D eigenvalue weighted by molar-refractivity contribution is 0.621. The zero-order chi connectivity index (χ0) is 19.5. The van der Waals surface area contributed by atoms with Gasteiger partial charge in [0.15, 0.2) is 5.13 Å². The van der Waals surface area contributed by atoms with E-state index >= 15 is 0 Å². The molecule has 0 aliphatic heterocycles. The molecule has 28 heavy (non-hydrogen) atoms. The highest BCUT2D eigenvalue weighted by molar-refractivity contribution is 7.18. The van der Waals surface area contributed by atoms with E-state index in [0.717, 1.165) is 31.9 Å². The van der Waals surface area contributed by atoms with E-state index in [2.05, 4.69) is 33.5 Å². The quantitative estimate of drug-likeness (QED) is 0.460. The third-order valence-electron chi connectivity index (χ3n) is 4.43. The number of nitrogens with two attached hydrogens (primary N) is 1. The van der Waals surface area contributed by atoms with Crippen LogP contribution in [-0.4, -0.2) is 22.6 Å². The van der Waals surface area contributed by atoms with Crippen LogP contribution >= 0.6 is 22.9 Å². The van der Waals surface area contributed by atoms with Gasteiger partial charge in [-0.05, 0) is 47.2 Å².